The van der Waals surface area contributed by atoms with Crippen LogP contribution in [0.3, 0.4) is 0 Å². The molecule has 0 aliphatic carbocycles. The number of aryl methyl sites for hydroxylation is 1. The van der Waals surface area contributed by atoms with E-state index in [0.717, 1.165) is 36.6 Å². The number of aromatic nitrogens is 1. The molecule has 2 N–H and O–H groups in total. The van der Waals surface area contributed by atoms with Crippen LogP contribution in [0.1, 0.15) is 58.4 Å². The van der Waals surface area contributed by atoms with Gasteiger partial charge in [-0.2, -0.15) is 0 Å². The predicted octanol–water partition coefficient (Wildman–Crippen LogP) is 3.93. The summed E-state index contributed by atoms with van der Waals surface area (Å²) in [4.78, 5) is 29.7. The number of nitrogens with one attached hydrogen (secondary N) is 2. The molecule has 0 aliphatic rings. The molecule has 2 rings (SSSR count). The molecule has 5 nitrogen and oxygen atoms in total. The topological polar surface area (TPSA) is 65.2 Å². The molecule has 0 radical (unpaired) electrons. The van der Waals surface area contributed by atoms with Gasteiger partial charge in [-0.25, -0.2) is 0 Å². The maximum Gasteiger partial charge on any atom is 0.272 e. The van der Waals surface area contributed by atoms with Gasteiger partial charge in [-0.1, -0.05) is 26.0 Å². The van der Waals surface area contributed by atoms with Crippen LogP contribution in [-0.2, 0) is 6.54 Å². The van der Waals surface area contributed by atoms with Gasteiger partial charge < -0.3 is 10.3 Å². The van der Waals surface area contributed by atoms with Crippen molar-refractivity contribution in [2.24, 2.45) is 0 Å². The van der Waals surface area contributed by atoms with Crippen LogP contribution in [-0.4, -0.2) is 34.7 Å². The average molecular weight is 341 g/mol. The highest BCUT2D eigenvalue weighted by Gasteiger charge is 2.19. The minimum absolute atomic E-state index is 0.0356. The average Bonchev–Trinajstić information content (AvgIpc) is 2.87. The molecule has 25 heavy (non-hydrogen) atoms. The van der Waals surface area contributed by atoms with Crippen LogP contribution in [0.15, 0.2) is 24.3 Å². The summed E-state index contributed by atoms with van der Waals surface area (Å²) in [6.45, 7) is 12.2. The lowest BCUT2D eigenvalue weighted by molar-refractivity contribution is 0.101. The third kappa shape index (κ3) is 4.37. The number of aromatic amines is 1. The fourth-order valence-electron chi connectivity index (χ4n) is 3.15. The van der Waals surface area contributed by atoms with Crippen LogP contribution < -0.4 is 5.32 Å². The lowest BCUT2D eigenvalue weighted by Gasteiger charge is -2.18. The van der Waals surface area contributed by atoms with Crippen molar-refractivity contribution in [2.45, 2.75) is 41.2 Å². The van der Waals surface area contributed by atoms with Gasteiger partial charge in [0.1, 0.15) is 5.69 Å². The summed E-state index contributed by atoms with van der Waals surface area (Å²) >= 11 is 0. The van der Waals surface area contributed by atoms with E-state index in [1.54, 1.807) is 6.92 Å². The maximum absolute atomic E-state index is 12.6. The Morgan fingerprint density at radius 1 is 1.16 bits per heavy atom. The number of Topliss-reactive ketones (excluding diaryl/α,β-unsaturated/α-hetero) is 1. The largest absolute Gasteiger partial charge is 0.354 e. The zero-order chi connectivity index (χ0) is 18.6. The Morgan fingerprint density at radius 3 is 2.40 bits per heavy atom. The van der Waals surface area contributed by atoms with E-state index in [2.05, 4.69) is 35.1 Å². The van der Waals surface area contributed by atoms with Crippen molar-refractivity contribution in [1.29, 1.82) is 0 Å². The zero-order valence-electron chi connectivity index (χ0n) is 15.7. The van der Waals surface area contributed by atoms with Gasteiger partial charge in [0.05, 0.1) is 0 Å². The normalized spacial score (nSPS) is 11.0. The third-order valence-corrected chi connectivity index (χ3v) is 4.50. The number of ketones is 1. The molecule has 0 atom stereocenters. The summed E-state index contributed by atoms with van der Waals surface area (Å²) in [7, 11) is 0. The summed E-state index contributed by atoms with van der Waals surface area (Å²) in [6.07, 6.45) is 0. The van der Waals surface area contributed by atoms with Crippen molar-refractivity contribution in [1.82, 2.24) is 9.88 Å². The number of carbonyl (C=O) groups is 2. The summed E-state index contributed by atoms with van der Waals surface area (Å²) in [5.74, 6) is -0.264. The van der Waals surface area contributed by atoms with Gasteiger partial charge in [-0.15, -0.1) is 0 Å². The smallest absolute Gasteiger partial charge is 0.272 e. The Kier molecular flexibility index (Phi) is 6.15. The first kappa shape index (κ1) is 18.9. The lowest BCUT2D eigenvalue weighted by Crippen LogP contribution is -2.22. The van der Waals surface area contributed by atoms with E-state index >= 15 is 0 Å². The van der Waals surface area contributed by atoms with E-state index in [0.29, 0.717) is 16.8 Å². The van der Waals surface area contributed by atoms with Crippen LogP contribution in [0.2, 0.25) is 0 Å². The van der Waals surface area contributed by atoms with Crippen molar-refractivity contribution in [3.8, 4) is 0 Å². The molecule has 0 bridgehead atoms. The monoisotopic (exact) mass is 341 g/mol. The standard InChI is InChI=1S/C20H27N3O2/c1-6-23(7-2)12-16-9-8-10-17(11-16)22-20(25)19-13(3)18(15(5)24)14(4)21-19/h8-11,21H,6-7,12H2,1-5H3,(H,22,25). The summed E-state index contributed by atoms with van der Waals surface area (Å²) in [6, 6.07) is 7.88. The van der Waals surface area contributed by atoms with E-state index < -0.39 is 0 Å². The molecular formula is C20H27N3O2. The molecule has 0 saturated carbocycles. The zero-order valence-corrected chi connectivity index (χ0v) is 15.7. The highest BCUT2D eigenvalue weighted by atomic mass is 16.2. The SMILES string of the molecule is CCN(CC)Cc1cccc(NC(=O)c2[nH]c(C)c(C(C)=O)c2C)c1. The van der Waals surface area contributed by atoms with E-state index in [1.807, 2.05) is 25.1 Å². The van der Waals surface area contributed by atoms with Crippen molar-refractivity contribution in [2.75, 3.05) is 18.4 Å². The van der Waals surface area contributed by atoms with Crippen LogP contribution in [0.5, 0.6) is 0 Å². The van der Waals surface area contributed by atoms with Gasteiger partial charge in [0.25, 0.3) is 5.91 Å². The molecule has 5 heteroatoms. The molecular weight excluding hydrogens is 314 g/mol. The number of anilines is 1. The molecule has 0 aliphatic heterocycles. The van der Waals surface area contributed by atoms with Gasteiger partial charge >= 0.3 is 0 Å². The minimum Gasteiger partial charge on any atom is -0.354 e. The summed E-state index contributed by atoms with van der Waals surface area (Å²) in [5.41, 5.74) is 4.38. The number of hydrogen-bond acceptors (Lipinski definition) is 3. The maximum atomic E-state index is 12.6. The van der Waals surface area contributed by atoms with Crippen molar-refractivity contribution in [3.63, 3.8) is 0 Å². The molecule has 0 spiro atoms. The second-order valence-corrected chi connectivity index (χ2v) is 6.30. The second kappa shape index (κ2) is 8.12. The first-order chi connectivity index (χ1) is 11.9. The number of H-pyrrole nitrogens is 1. The van der Waals surface area contributed by atoms with Gasteiger partial charge in [0.2, 0.25) is 0 Å². The molecule has 0 unspecified atom stereocenters. The van der Waals surface area contributed by atoms with Crippen molar-refractivity contribution >= 4 is 17.4 Å². The first-order valence-corrected chi connectivity index (χ1v) is 8.70. The van der Waals surface area contributed by atoms with Crippen LogP contribution in [0.4, 0.5) is 5.69 Å². The molecule has 0 fully saturated rings. The minimum atomic E-state index is -0.229. The quantitative estimate of drug-likeness (QED) is 0.750. The molecule has 1 aromatic heterocycles. The van der Waals surface area contributed by atoms with Gasteiger partial charge in [0, 0.05) is 23.5 Å². The highest BCUT2D eigenvalue weighted by Crippen LogP contribution is 2.20. The van der Waals surface area contributed by atoms with E-state index in [9.17, 15) is 9.59 Å². The molecule has 1 aromatic carbocycles. The predicted molar refractivity (Wildman–Crippen MR) is 101 cm³/mol. The van der Waals surface area contributed by atoms with Crippen LogP contribution in [0.25, 0.3) is 0 Å². The van der Waals surface area contributed by atoms with Crippen molar-refractivity contribution in [3.05, 3.63) is 52.3 Å². The van der Waals surface area contributed by atoms with E-state index in [-0.39, 0.29) is 11.7 Å². The molecule has 1 heterocycles. The van der Waals surface area contributed by atoms with Crippen molar-refractivity contribution < 1.29 is 9.59 Å². The number of amides is 1. The van der Waals surface area contributed by atoms with E-state index in [4.69, 9.17) is 0 Å². The Bertz CT molecular complexity index is 773. The van der Waals surface area contributed by atoms with Gasteiger partial charge in [0.15, 0.2) is 5.78 Å². The number of rotatable bonds is 7. The Balaban J connectivity index is 2.19. The first-order valence-electron chi connectivity index (χ1n) is 8.70. The second-order valence-electron chi connectivity index (χ2n) is 6.30. The van der Waals surface area contributed by atoms with Gasteiger partial charge in [-0.05, 0) is 57.1 Å². The molecule has 134 valence electrons. The third-order valence-electron chi connectivity index (χ3n) is 4.50. The van der Waals surface area contributed by atoms with Gasteiger partial charge in [-0.3, -0.25) is 14.5 Å². The number of carbonyl (C=O) groups excluding carboxylic acids is 2. The van der Waals surface area contributed by atoms with E-state index in [1.165, 1.54) is 6.92 Å². The number of nitrogens with zero attached hydrogens (tertiary/aromatic N) is 1. The Hall–Kier alpha value is -2.40. The fraction of sp³-hybridized carbons (Fsp3) is 0.400. The molecule has 0 saturated heterocycles. The Labute approximate surface area is 149 Å². The molecule has 2 aromatic rings. The molecule has 1 amide bonds. The summed E-state index contributed by atoms with van der Waals surface area (Å²) < 4.78 is 0. The highest BCUT2D eigenvalue weighted by molar-refractivity contribution is 6.07. The summed E-state index contributed by atoms with van der Waals surface area (Å²) in [5, 5.41) is 2.93. The lowest BCUT2D eigenvalue weighted by atomic mass is 10.1. The van der Waals surface area contributed by atoms with Crippen LogP contribution in [0, 0.1) is 13.8 Å². The number of benzene rings is 1. The Morgan fingerprint density at radius 2 is 1.84 bits per heavy atom. The fourth-order valence-corrected chi connectivity index (χ4v) is 3.15. The van der Waals surface area contributed by atoms with Crippen LogP contribution >= 0.6 is 0 Å². The number of hydrogen-bond donors (Lipinski definition) is 2.